The molecule has 6 heteroatoms. The zero-order valence-corrected chi connectivity index (χ0v) is 11.9. The number of rotatable bonds is 5. The smallest absolute Gasteiger partial charge is 0.240 e. The first-order valence-corrected chi connectivity index (χ1v) is 7.48. The zero-order chi connectivity index (χ0) is 14.6. The van der Waals surface area contributed by atoms with E-state index in [4.69, 9.17) is 10.5 Å². The minimum atomic E-state index is -3.53. The molecule has 0 amide bonds. The van der Waals surface area contributed by atoms with Gasteiger partial charge in [0.1, 0.15) is 5.75 Å². The van der Waals surface area contributed by atoms with Gasteiger partial charge in [0, 0.05) is 12.2 Å². The van der Waals surface area contributed by atoms with E-state index in [9.17, 15) is 8.42 Å². The summed E-state index contributed by atoms with van der Waals surface area (Å²) in [5.74, 6) is 0.732. The number of anilines is 1. The third-order valence-electron chi connectivity index (χ3n) is 2.82. The van der Waals surface area contributed by atoms with Gasteiger partial charge in [-0.3, -0.25) is 0 Å². The Morgan fingerprint density at radius 1 is 1.05 bits per heavy atom. The number of nitrogen functional groups attached to an aromatic ring is 1. The fourth-order valence-electron chi connectivity index (χ4n) is 1.65. The van der Waals surface area contributed by atoms with Gasteiger partial charge in [-0.15, -0.1) is 0 Å². The van der Waals surface area contributed by atoms with Crippen molar-refractivity contribution in [2.24, 2.45) is 0 Å². The Balaban J connectivity index is 2.06. The second-order valence-corrected chi connectivity index (χ2v) is 6.01. The van der Waals surface area contributed by atoms with Crippen LogP contribution in [0.5, 0.6) is 5.75 Å². The highest BCUT2D eigenvalue weighted by atomic mass is 32.2. The maximum absolute atomic E-state index is 12.1. The van der Waals surface area contributed by atoms with Gasteiger partial charge >= 0.3 is 0 Å². The number of nitrogens with one attached hydrogen (secondary N) is 1. The fourth-order valence-corrected chi connectivity index (χ4v) is 2.67. The lowest BCUT2D eigenvalue weighted by atomic mass is 10.2. The summed E-state index contributed by atoms with van der Waals surface area (Å²) in [6.45, 7) is 0.219. The van der Waals surface area contributed by atoms with Crippen LogP contribution in [-0.2, 0) is 16.6 Å². The van der Waals surface area contributed by atoms with Crippen molar-refractivity contribution in [3.05, 3.63) is 54.1 Å². The quantitative estimate of drug-likeness (QED) is 0.823. The van der Waals surface area contributed by atoms with Crippen molar-refractivity contribution in [3.63, 3.8) is 0 Å². The van der Waals surface area contributed by atoms with Crippen LogP contribution < -0.4 is 15.2 Å². The summed E-state index contributed by atoms with van der Waals surface area (Å²) in [6.07, 6.45) is 0. The molecule has 0 heterocycles. The first kappa shape index (κ1) is 14.4. The van der Waals surface area contributed by atoms with Crippen LogP contribution in [0.25, 0.3) is 0 Å². The van der Waals surface area contributed by atoms with Gasteiger partial charge in [-0.25, -0.2) is 13.1 Å². The highest BCUT2D eigenvalue weighted by molar-refractivity contribution is 7.89. The second kappa shape index (κ2) is 5.94. The largest absolute Gasteiger partial charge is 0.497 e. The molecule has 0 aromatic heterocycles. The highest BCUT2D eigenvalue weighted by Gasteiger charge is 2.13. The topological polar surface area (TPSA) is 81.4 Å². The normalized spacial score (nSPS) is 11.2. The van der Waals surface area contributed by atoms with E-state index in [2.05, 4.69) is 4.72 Å². The van der Waals surface area contributed by atoms with Gasteiger partial charge < -0.3 is 10.5 Å². The molecule has 20 heavy (non-hydrogen) atoms. The molecule has 2 aromatic carbocycles. The molecule has 2 aromatic rings. The summed E-state index contributed by atoms with van der Waals surface area (Å²) in [7, 11) is -1.95. The second-order valence-electron chi connectivity index (χ2n) is 4.24. The maximum atomic E-state index is 12.1. The summed E-state index contributed by atoms with van der Waals surface area (Å²) in [6, 6.07) is 13.3. The number of hydrogen-bond acceptors (Lipinski definition) is 4. The number of methoxy groups -OCH3 is 1. The molecule has 0 aliphatic carbocycles. The molecule has 0 spiro atoms. The molecule has 0 aliphatic rings. The maximum Gasteiger partial charge on any atom is 0.240 e. The predicted molar refractivity (Wildman–Crippen MR) is 77.9 cm³/mol. The summed E-state index contributed by atoms with van der Waals surface area (Å²) in [5.41, 5.74) is 6.91. The van der Waals surface area contributed by atoms with Gasteiger partial charge in [-0.05, 0) is 42.0 Å². The minimum absolute atomic E-state index is 0.195. The van der Waals surface area contributed by atoms with Crippen molar-refractivity contribution in [2.75, 3.05) is 12.8 Å². The van der Waals surface area contributed by atoms with Gasteiger partial charge in [0.15, 0.2) is 0 Å². The molecule has 0 unspecified atom stereocenters. The average molecular weight is 292 g/mol. The molecule has 0 radical (unpaired) electrons. The van der Waals surface area contributed by atoms with Gasteiger partial charge in [-0.2, -0.15) is 0 Å². The van der Waals surface area contributed by atoms with Crippen LogP contribution in [0.2, 0.25) is 0 Å². The first-order valence-electron chi connectivity index (χ1n) is 5.99. The molecule has 0 saturated heterocycles. The number of hydrogen-bond donors (Lipinski definition) is 2. The Kier molecular flexibility index (Phi) is 4.26. The van der Waals surface area contributed by atoms with E-state index in [-0.39, 0.29) is 11.4 Å². The van der Waals surface area contributed by atoms with Crippen LogP contribution >= 0.6 is 0 Å². The monoisotopic (exact) mass is 292 g/mol. The molecule has 0 fully saturated rings. The van der Waals surface area contributed by atoms with E-state index >= 15 is 0 Å². The van der Waals surface area contributed by atoms with E-state index < -0.39 is 10.0 Å². The van der Waals surface area contributed by atoms with Crippen LogP contribution in [0, 0.1) is 0 Å². The summed E-state index contributed by atoms with van der Waals surface area (Å²) in [4.78, 5) is 0.195. The molecule has 2 rings (SSSR count). The van der Waals surface area contributed by atoms with E-state index in [0.717, 1.165) is 11.3 Å². The summed E-state index contributed by atoms with van der Waals surface area (Å²) >= 11 is 0. The van der Waals surface area contributed by atoms with Gasteiger partial charge in [-0.1, -0.05) is 12.1 Å². The Bertz CT molecular complexity index is 665. The molecule has 0 saturated carbocycles. The minimum Gasteiger partial charge on any atom is -0.497 e. The first-order chi connectivity index (χ1) is 9.51. The predicted octanol–water partition coefficient (Wildman–Crippen LogP) is 1.76. The molecule has 0 aliphatic heterocycles. The lowest BCUT2D eigenvalue weighted by Crippen LogP contribution is -2.23. The lowest BCUT2D eigenvalue weighted by Gasteiger charge is -2.07. The van der Waals surface area contributed by atoms with E-state index in [0.29, 0.717) is 5.69 Å². The summed E-state index contributed by atoms with van der Waals surface area (Å²) < 4.78 is 31.7. The Morgan fingerprint density at radius 3 is 2.20 bits per heavy atom. The number of nitrogens with two attached hydrogens (primary N) is 1. The zero-order valence-electron chi connectivity index (χ0n) is 11.0. The number of sulfonamides is 1. The fraction of sp³-hybridized carbons (Fsp3) is 0.143. The lowest BCUT2D eigenvalue weighted by molar-refractivity contribution is 0.414. The third-order valence-corrected chi connectivity index (χ3v) is 4.23. The molecule has 5 nitrogen and oxygen atoms in total. The van der Waals surface area contributed by atoms with Crippen molar-refractivity contribution in [1.82, 2.24) is 4.72 Å². The molecule has 0 atom stereocenters. The molecular weight excluding hydrogens is 276 g/mol. The van der Waals surface area contributed by atoms with Crippen molar-refractivity contribution in [3.8, 4) is 5.75 Å². The van der Waals surface area contributed by atoms with Crippen LogP contribution in [0.1, 0.15) is 5.56 Å². The number of benzene rings is 2. The highest BCUT2D eigenvalue weighted by Crippen LogP contribution is 2.14. The summed E-state index contributed by atoms with van der Waals surface area (Å²) in [5, 5.41) is 0. The SMILES string of the molecule is COc1ccc(CNS(=O)(=O)c2ccc(N)cc2)cc1. The molecule has 106 valence electrons. The van der Waals surface area contributed by atoms with E-state index in [1.54, 1.807) is 31.4 Å². The number of ether oxygens (including phenoxy) is 1. The third kappa shape index (κ3) is 3.49. The van der Waals surface area contributed by atoms with E-state index in [1.807, 2.05) is 12.1 Å². The van der Waals surface area contributed by atoms with Crippen molar-refractivity contribution in [1.29, 1.82) is 0 Å². The van der Waals surface area contributed by atoms with E-state index in [1.165, 1.54) is 12.1 Å². The van der Waals surface area contributed by atoms with Crippen molar-refractivity contribution >= 4 is 15.7 Å². The Hall–Kier alpha value is -2.05. The van der Waals surface area contributed by atoms with Crippen LogP contribution in [0.3, 0.4) is 0 Å². The Morgan fingerprint density at radius 2 is 1.65 bits per heavy atom. The van der Waals surface area contributed by atoms with Crippen molar-refractivity contribution in [2.45, 2.75) is 11.4 Å². The average Bonchev–Trinajstić information content (AvgIpc) is 2.46. The van der Waals surface area contributed by atoms with Gasteiger partial charge in [0.2, 0.25) is 10.0 Å². The van der Waals surface area contributed by atoms with Gasteiger partial charge in [0.25, 0.3) is 0 Å². The molecule has 3 N–H and O–H groups in total. The molecular formula is C14H16N2O3S. The van der Waals surface area contributed by atoms with Crippen LogP contribution in [-0.4, -0.2) is 15.5 Å². The van der Waals surface area contributed by atoms with Crippen LogP contribution in [0.4, 0.5) is 5.69 Å². The molecule has 0 bridgehead atoms. The van der Waals surface area contributed by atoms with Crippen molar-refractivity contribution < 1.29 is 13.2 Å². The standard InChI is InChI=1S/C14H16N2O3S/c1-19-13-6-2-11(3-7-13)10-16-20(17,18)14-8-4-12(15)5-9-14/h2-9,16H,10,15H2,1H3. The van der Waals surface area contributed by atoms with Gasteiger partial charge in [0.05, 0.1) is 12.0 Å². The van der Waals surface area contributed by atoms with Crippen LogP contribution in [0.15, 0.2) is 53.4 Å². The Labute approximate surface area is 118 Å².